The van der Waals surface area contributed by atoms with Crippen LogP contribution in [0.25, 0.3) is 0 Å². The second-order valence-corrected chi connectivity index (χ2v) is 6.93. The molecule has 1 saturated heterocycles. The van der Waals surface area contributed by atoms with Crippen LogP contribution in [0.1, 0.15) is 33.1 Å². The first kappa shape index (κ1) is 12.9. The van der Waals surface area contributed by atoms with E-state index in [1.54, 1.807) is 0 Å². The van der Waals surface area contributed by atoms with E-state index in [4.69, 9.17) is 4.74 Å². The zero-order valence-corrected chi connectivity index (χ0v) is 11.7. The van der Waals surface area contributed by atoms with Crippen molar-refractivity contribution in [1.29, 1.82) is 0 Å². The number of nitrogens with zero attached hydrogens (tertiary/aromatic N) is 1. The number of rotatable bonds is 6. The van der Waals surface area contributed by atoms with Crippen molar-refractivity contribution in [2.45, 2.75) is 45.3 Å². The number of aliphatic hydroxyl groups excluding tert-OH is 1. The van der Waals surface area contributed by atoms with Gasteiger partial charge >= 0.3 is 0 Å². The van der Waals surface area contributed by atoms with Crippen LogP contribution in [0, 0.1) is 23.7 Å². The van der Waals surface area contributed by atoms with Crippen LogP contribution in [-0.2, 0) is 4.74 Å². The molecule has 2 bridgehead atoms. The molecule has 3 aliphatic rings. The van der Waals surface area contributed by atoms with Gasteiger partial charge in [-0.1, -0.05) is 13.8 Å². The first-order valence-electron chi connectivity index (χ1n) is 7.66. The van der Waals surface area contributed by atoms with Crippen LogP contribution >= 0.6 is 0 Å². The van der Waals surface area contributed by atoms with Gasteiger partial charge in [-0.15, -0.1) is 0 Å². The largest absolute Gasteiger partial charge is 0.391 e. The van der Waals surface area contributed by atoms with Crippen LogP contribution in [0.15, 0.2) is 0 Å². The standard InChI is InChI=1S/C15H27NO2/c1-10(2)3-5-18-6-4-16-9-12-7-11-8-13(12)14(16)15(11)17/h10-15,17H,3-9H2,1-2H3. The Balaban J connectivity index is 1.42. The van der Waals surface area contributed by atoms with Crippen molar-refractivity contribution in [3.05, 3.63) is 0 Å². The second-order valence-electron chi connectivity index (χ2n) is 6.93. The van der Waals surface area contributed by atoms with Crippen molar-refractivity contribution in [3.63, 3.8) is 0 Å². The van der Waals surface area contributed by atoms with Crippen LogP contribution in [0.4, 0.5) is 0 Å². The third-order valence-electron chi connectivity index (χ3n) is 5.31. The van der Waals surface area contributed by atoms with Crippen molar-refractivity contribution >= 4 is 0 Å². The number of likely N-dealkylation sites (tertiary alicyclic amines) is 1. The van der Waals surface area contributed by atoms with Crippen LogP contribution in [-0.4, -0.2) is 48.5 Å². The Morgan fingerprint density at radius 1 is 1.22 bits per heavy atom. The number of ether oxygens (including phenoxy) is 1. The molecule has 1 aliphatic heterocycles. The summed E-state index contributed by atoms with van der Waals surface area (Å²) in [6.07, 6.45) is 3.65. The number of hydrogen-bond acceptors (Lipinski definition) is 3. The second kappa shape index (κ2) is 5.10. The molecule has 0 aromatic carbocycles. The Kier molecular flexibility index (Phi) is 3.65. The van der Waals surface area contributed by atoms with Crippen molar-refractivity contribution in [2.75, 3.05) is 26.3 Å². The van der Waals surface area contributed by atoms with Gasteiger partial charge in [0.25, 0.3) is 0 Å². The number of hydrogen-bond donors (Lipinski definition) is 1. The molecule has 3 heteroatoms. The molecule has 5 unspecified atom stereocenters. The first-order chi connectivity index (χ1) is 8.66. The van der Waals surface area contributed by atoms with Crippen LogP contribution in [0.2, 0.25) is 0 Å². The van der Waals surface area contributed by atoms with Gasteiger partial charge in [0.15, 0.2) is 0 Å². The van der Waals surface area contributed by atoms with Crippen molar-refractivity contribution < 1.29 is 9.84 Å². The van der Waals surface area contributed by atoms with Gasteiger partial charge in [0.05, 0.1) is 12.7 Å². The van der Waals surface area contributed by atoms with E-state index in [1.165, 1.54) is 19.4 Å². The van der Waals surface area contributed by atoms with Gasteiger partial charge in [-0.25, -0.2) is 0 Å². The lowest BCUT2D eigenvalue weighted by atomic mass is 9.88. The average molecular weight is 253 g/mol. The quantitative estimate of drug-likeness (QED) is 0.732. The molecule has 3 fully saturated rings. The predicted molar refractivity (Wildman–Crippen MR) is 71.3 cm³/mol. The molecule has 0 aromatic rings. The normalized spacial score (nSPS) is 42.3. The highest BCUT2D eigenvalue weighted by molar-refractivity contribution is 5.10. The highest BCUT2D eigenvalue weighted by Crippen LogP contribution is 2.54. The fourth-order valence-electron chi connectivity index (χ4n) is 4.39. The Morgan fingerprint density at radius 3 is 2.78 bits per heavy atom. The number of fused-ring (bicyclic) bond motifs is 1. The van der Waals surface area contributed by atoms with Gasteiger partial charge in [-0.05, 0) is 42.9 Å². The van der Waals surface area contributed by atoms with E-state index < -0.39 is 0 Å². The fourth-order valence-corrected chi connectivity index (χ4v) is 4.39. The maximum Gasteiger partial charge on any atom is 0.0726 e. The summed E-state index contributed by atoms with van der Waals surface area (Å²) in [7, 11) is 0. The SMILES string of the molecule is CC(C)CCOCCN1CC2CC3CC2C1C3O. The summed E-state index contributed by atoms with van der Waals surface area (Å²) >= 11 is 0. The van der Waals surface area contributed by atoms with E-state index in [9.17, 15) is 5.11 Å². The first-order valence-corrected chi connectivity index (χ1v) is 7.66. The molecule has 18 heavy (non-hydrogen) atoms. The molecule has 1 N–H and O–H groups in total. The summed E-state index contributed by atoms with van der Waals surface area (Å²) in [6, 6.07) is 0.461. The predicted octanol–water partition coefficient (Wildman–Crippen LogP) is 1.75. The number of aliphatic hydroxyl groups is 1. The summed E-state index contributed by atoms with van der Waals surface area (Å²) in [5, 5.41) is 10.3. The Labute approximate surface area is 110 Å². The lowest BCUT2D eigenvalue weighted by Gasteiger charge is -2.28. The summed E-state index contributed by atoms with van der Waals surface area (Å²) in [4.78, 5) is 2.50. The zero-order chi connectivity index (χ0) is 12.7. The van der Waals surface area contributed by atoms with Crippen molar-refractivity contribution in [3.8, 4) is 0 Å². The Hall–Kier alpha value is -0.120. The lowest BCUT2D eigenvalue weighted by molar-refractivity contribution is 0.0342. The topological polar surface area (TPSA) is 32.7 Å². The molecule has 3 rings (SSSR count). The molecule has 1 heterocycles. The molecule has 5 atom stereocenters. The molecule has 2 aliphatic carbocycles. The molecule has 0 radical (unpaired) electrons. The minimum Gasteiger partial charge on any atom is -0.391 e. The molecule has 0 amide bonds. The van der Waals surface area contributed by atoms with Crippen molar-refractivity contribution in [2.24, 2.45) is 23.7 Å². The summed E-state index contributed by atoms with van der Waals surface area (Å²) in [6.45, 7) is 8.40. The monoisotopic (exact) mass is 253 g/mol. The van der Waals surface area contributed by atoms with E-state index in [2.05, 4.69) is 18.7 Å². The highest BCUT2D eigenvalue weighted by Gasteiger charge is 2.58. The third-order valence-corrected chi connectivity index (χ3v) is 5.31. The minimum atomic E-state index is -0.0515. The van der Waals surface area contributed by atoms with Crippen LogP contribution in [0.3, 0.4) is 0 Å². The molecule has 2 saturated carbocycles. The molecule has 104 valence electrons. The van der Waals surface area contributed by atoms with Crippen molar-refractivity contribution in [1.82, 2.24) is 4.90 Å². The van der Waals surface area contributed by atoms with Crippen LogP contribution < -0.4 is 0 Å². The van der Waals surface area contributed by atoms with Gasteiger partial charge in [-0.2, -0.15) is 0 Å². The third kappa shape index (κ3) is 2.21. The summed E-state index contributed by atoms with van der Waals surface area (Å²) in [5.74, 6) is 3.00. The molecule has 0 aromatic heterocycles. The Bertz CT molecular complexity index is 292. The maximum absolute atomic E-state index is 10.3. The Morgan fingerprint density at radius 2 is 2.06 bits per heavy atom. The zero-order valence-electron chi connectivity index (χ0n) is 11.7. The summed E-state index contributed by atoms with van der Waals surface area (Å²) in [5.41, 5.74) is 0. The lowest BCUT2D eigenvalue weighted by Crippen LogP contribution is -2.42. The molecule has 0 spiro atoms. The minimum absolute atomic E-state index is 0.0515. The molecular formula is C15H27NO2. The van der Waals surface area contributed by atoms with Gasteiger partial charge in [0, 0.05) is 25.7 Å². The summed E-state index contributed by atoms with van der Waals surface area (Å²) < 4.78 is 5.72. The van der Waals surface area contributed by atoms with E-state index in [0.29, 0.717) is 12.0 Å². The fraction of sp³-hybridized carbons (Fsp3) is 1.00. The van der Waals surface area contributed by atoms with Gasteiger partial charge in [-0.3, -0.25) is 4.90 Å². The molecule has 3 nitrogen and oxygen atoms in total. The van der Waals surface area contributed by atoms with Crippen LogP contribution in [0.5, 0.6) is 0 Å². The van der Waals surface area contributed by atoms with E-state index in [-0.39, 0.29) is 6.10 Å². The van der Waals surface area contributed by atoms with E-state index >= 15 is 0 Å². The smallest absolute Gasteiger partial charge is 0.0726 e. The van der Waals surface area contributed by atoms with Gasteiger partial charge < -0.3 is 9.84 Å². The van der Waals surface area contributed by atoms with E-state index in [0.717, 1.165) is 43.9 Å². The average Bonchev–Trinajstić information content (AvgIpc) is 2.89. The van der Waals surface area contributed by atoms with Gasteiger partial charge in [0.1, 0.15) is 0 Å². The highest BCUT2D eigenvalue weighted by atomic mass is 16.5. The van der Waals surface area contributed by atoms with Gasteiger partial charge in [0.2, 0.25) is 0 Å². The molecular weight excluding hydrogens is 226 g/mol. The maximum atomic E-state index is 10.3. The van der Waals surface area contributed by atoms with E-state index in [1.807, 2.05) is 0 Å².